The van der Waals surface area contributed by atoms with Gasteiger partial charge in [-0.05, 0) is 47.1 Å². The van der Waals surface area contributed by atoms with Crippen molar-refractivity contribution in [2.24, 2.45) is 0 Å². The molecule has 1 unspecified atom stereocenters. The summed E-state index contributed by atoms with van der Waals surface area (Å²) in [6.45, 7) is 1.82. The lowest BCUT2D eigenvalue weighted by atomic mass is 10.0. The number of aromatic nitrogens is 1. The molecular formula is C12H10BrNO2. The summed E-state index contributed by atoms with van der Waals surface area (Å²) in [5.74, 6) is -0.00585. The van der Waals surface area contributed by atoms with E-state index in [0.29, 0.717) is 10.4 Å². The Hall–Kier alpha value is -1.42. The molecule has 0 fully saturated rings. The van der Waals surface area contributed by atoms with Crippen LogP contribution in [-0.4, -0.2) is 10.8 Å². The lowest BCUT2D eigenvalue weighted by Crippen LogP contribution is -2.09. The molecule has 4 heteroatoms. The smallest absolute Gasteiger partial charge is 0.206 e. The first kappa shape index (κ1) is 11.1. The van der Waals surface area contributed by atoms with Crippen LogP contribution >= 0.6 is 15.9 Å². The van der Waals surface area contributed by atoms with Crippen molar-refractivity contribution in [1.82, 2.24) is 4.98 Å². The summed E-state index contributed by atoms with van der Waals surface area (Å²) >= 11 is 3.17. The second-order valence-corrected chi connectivity index (χ2v) is 4.23. The van der Waals surface area contributed by atoms with Gasteiger partial charge >= 0.3 is 0 Å². The van der Waals surface area contributed by atoms with Gasteiger partial charge in [0.1, 0.15) is 0 Å². The third kappa shape index (κ3) is 2.22. The molecule has 0 aliphatic rings. The van der Waals surface area contributed by atoms with Crippen LogP contribution < -0.4 is 0 Å². The number of carbonyl (C=O) groups is 1. The highest BCUT2D eigenvalue weighted by atomic mass is 79.9. The average molecular weight is 280 g/mol. The molecule has 2 aromatic rings. The van der Waals surface area contributed by atoms with Crippen molar-refractivity contribution in [3.05, 3.63) is 52.7 Å². The molecule has 0 saturated carbocycles. The number of carbonyl (C=O) groups excluding carboxylic acids is 1. The quantitative estimate of drug-likeness (QED) is 0.809. The third-order valence-corrected chi connectivity index (χ3v) is 2.77. The van der Waals surface area contributed by atoms with E-state index in [2.05, 4.69) is 20.9 Å². The highest BCUT2D eigenvalue weighted by molar-refractivity contribution is 9.10. The van der Waals surface area contributed by atoms with Crippen molar-refractivity contribution in [2.45, 2.75) is 12.8 Å². The predicted molar refractivity (Wildman–Crippen MR) is 63.4 cm³/mol. The summed E-state index contributed by atoms with van der Waals surface area (Å²) in [5, 5.41) is 0. The molecule has 2 aromatic heterocycles. The van der Waals surface area contributed by atoms with Crippen molar-refractivity contribution < 1.29 is 9.21 Å². The number of hydrogen-bond acceptors (Lipinski definition) is 3. The van der Waals surface area contributed by atoms with E-state index in [1.165, 1.54) is 0 Å². The largest absolute Gasteiger partial charge is 0.446 e. The van der Waals surface area contributed by atoms with E-state index in [1.54, 1.807) is 18.3 Å². The zero-order chi connectivity index (χ0) is 11.5. The molecule has 0 N–H and O–H groups in total. The number of halogens is 1. The highest BCUT2D eigenvalue weighted by Gasteiger charge is 2.20. The van der Waals surface area contributed by atoms with Gasteiger partial charge in [-0.1, -0.05) is 6.07 Å². The van der Waals surface area contributed by atoms with Crippen molar-refractivity contribution in [3.8, 4) is 0 Å². The number of furan rings is 1. The van der Waals surface area contributed by atoms with Gasteiger partial charge in [0.2, 0.25) is 5.78 Å². The van der Waals surface area contributed by atoms with E-state index in [-0.39, 0.29) is 11.7 Å². The maximum Gasteiger partial charge on any atom is 0.206 e. The second kappa shape index (κ2) is 4.61. The van der Waals surface area contributed by atoms with Gasteiger partial charge in [-0.3, -0.25) is 9.78 Å². The number of pyridine rings is 1. The van der Waals surface area contributed by atoms with Crippen LogP contribution in [0.3, 0.4) is 0 Å². The van der Waals surface area contributed by atoms with Crippen LogP contribution in [0.2, 0.25) is 0 Å². The molecule has 16 heavy (non-hydrogen) atoms. The topological polar surface area (TPSA) is 43.1 Å². The first-order chi connectivity index (χ1) is 7.68. The van der Waals surface area contributed by atoms with Crippen molar-refractivity contribution >= 4 is 21.7 Å². The van der Waals surface area contributed by atoms with E-state index in [1.807, 2.05) is 25.1 Å². The van der Waals surface area contributed by atoms with Gasteiger partial charge in [0.05, 0.1) is 11.6 Å². The van der Waals surface area contributed by atoms with E-state index in [4.69, 9.17) is 4.42 Å². The molecule has 0 bridgehead atoms. The fraction of sp³-hybridized carbons (Fsp3) is 0.167. The molecule has 0 aliphatic heterocycles. The molecule has 82 valence electrons. The number of ketones is 1. The van der Waals surface area contributed by atoms with Gasteiger partial charge in [-0.15, -0.1) is 0 Å². The molecule has 0 saturated heterocycles. The molecule has 0 aromatic carbocycles. The van der Waals surface area contributed by atoms with Crippen LogP contribution in [0.1, 0.15) is 29.1 Å². The van der Waals surface area contributed by atoms with Gasteiger partial charge in [-0.2, -0.15) is 0 Å². The van der Waals surface area contributed by atoms with Crippen molar-refractivity contribution in [1.29, 1.82) is 0 Å². The maximum absolute atomic E-state index is 12.0. The highest BCUT2D eigenvalue weighted by Crippen LogP contribution is 2.21. The predicted octanol–water partition coefficient (Wildman–Crippen LogP) is 3.42. The van der Waals surface area contributed by atoms with E-state index in [9.17, 15) is 4.79 Å². The summed E-state index contributed by atoms with van der Waals surface area (Å²) in [4.78, 5) is 16.2. The zero-order valence-corrected chi connectivity index (χ0v) is 10.3. The van der Waals surface area contributed by atoms with E-state index < -0.39 is 0 Å². The Kier molecular flexibility index (Phi) is 3.19. The Labute approximate surface area is 102 Å². The van der Waals surface area contributed by atoms with Gasteiger partial charge in [0, 0.05) is 6.20 Å². The first-order valence-corrected chi connectivity index (χ1v) is 5.68. The number of nitrogens with zero attached hydrogens (tertiary/aromatic N) is 1. The fourth-order valence-electron chi connectivity index (χ4n) is 1.43. The summed E-state index contributed by atoms with van der Waals surface area (Å²) in [6.07, 6.45) is 1.68. The molecule has 0 amide bonds. The monoisotopic (exact) mass is 279 g/mol. The summed E-state index contributed by atoms with van der Waals surface area (Å²) in [7, 11) is 0. The third-order valence-electron chi connectivity index (χ3n) is 2.34. The van der Waals surface area contributed by atoms with Gasteiger partial charge in [0.15, 0.2) is 10.4 Å². The normalized spacial score (nSPS) is 12.4. The Morgan fingerprint density at radius 2 is 2.19 bits per heavy atom. The van der Waals surface area contributed by atoms with Crippen molar-refractivity contribution in [3.63, 3.8) is 0 Å². The SMILES string of the molecule is CC(C(=O)c1ccc(Br)o1)c1ccccn1. The summed E-state index contributed by atoms with van der Waals surface area (Å²) in [6, 6.07) is 8.89. The van der Waals surface area contributed by atoms with Crippen LogP contribution in [0, 0.1) is 0 Å². The van der Waals surface area contributed by atoms with Crippen LogP contribution in [0.4, 0.5) is 0 Å². The standard InChI is InChI=1S/C12H10BrNO2/c1-8(9-4-2-3-7-14-9)12(15)10-5-6-11(13)16-10/h2-8H,1H3. The van der Waals surface area contributed by atoms with Crippen LogP contribution in [-0.2, 0) is 0 Å². The zero-order valence-electron chi connectivity index (χ0n) is 8.68. The second-order valence-electron chi connectivity index (χ2n) is 3.44. The Morgan fingerprint density at radius 1 is 1.38 bits per heavy atom. The van der Waals surface area contributed by atoms with Gasteiger partial charge in [-0.25, -0.2) is 0 Å². The lowest BCUT2D eigenvalue weighted by molar-refractivity contribution is 0.0936. The number of Topliss-reactive ketones (excluding diaryl/α,β-unsaturated/α-hetero) is 1. The average Bonchev–Trinajstić information content (AvgIpc) is 2.75. The molecule has 1 atom stereocenters. The molecule has 0 aliphatic carbocycles. The van der Waals surface area contributed by atoms with E-state index >= 15 is 0 Å². The molecule has 0 radical (unpaired) electrons. The minimum atomic E-state index is -0.292. The Balaban J connectivity index is 2.23. The van der Waals surface area contributed by atoms with E-state index in [0.717, 1.165) is 5.69 Å². The summed E-state index contributed by atoms with van der Waals surface area (Å²) < 4.78 is 5.79. The molecule has 2 heterocycles. The van der Waals surface area contributed by atoms with Crippen LogP contribution in [0.5, 0.6) is 0 Å². The summed E-state index contributed by atoms with van der Waals surface area (Å²) in [5.41, 5.74) is 0.750. The Bertz CT molecular complexity index is 493. The van der Waals surface area contributed by atoms with Crippen molar-refractivity contribution in [2.75, 3.05) is 0 Å². The number of hydrogen-bond donors (Lipinski definition) is 0. The first-order valence-electron chi connectivity index (χ1n) is 4.89. The van der Waals surface area contributed by atoms with Crippen LogP contribution in [0.25, 0.3) is 0 Å². The van der Waals surface area contributed by atoms with Gasteiger partial charge < -0.3 is 4.42 Å². The van der Waals surface area contributed by atoms with Gasteiger partial charge in [0.25, 0.3) is 0 Å². The minimum absolute atomic E-state index is 0.0654. The minimum Gasteiger partial charge on any atom is -0.446 e. The molecule has 3 nitrogen and oxygen atoms in total. The maximum atomic E-state index is 12.0. The molecule has 0 spiro atoms. The Morgan fingerprint density at radius 3 is 2.75 bits per heavy atom. The number of rotatable bonds is 3. The molecule has 2 rings (SSSR count). The van der Waals surface area contributed by atoms with Crippen LogP contribution in [0.15, 0.2) is 45.6 Å². The fourth-order valence-corrected chi connectivity index (χ4v) is 1.73. The lowest BCUT2D eigenvalue weighted by Gasteiger charge is -2.07. The molecular weight excluding hydrogens is 270 g/mol.